The Morgan fingerprint density at radius 2 is 1.86 bits per heavy atom. The zero-order valence-electron chi connectivity index (χ0n) is 9.36. The van der Waals surface area contributed by atoms with Crippen LogP contribution in [0.1, 0.15) is 58.3 Å². The van der Waals surface area contributed by atoms with Crippen LogP contribution in [0.15, 0.2) is 0 Å². The molecule has 0 atom stereocenters. The summed E-state index contributed by atoms with van der Waals surface area (Å²) in [6.07, 6.45) is 10.6. The molecular formula is C12H23IO. The Morgan fingerprint density at radius 1 is 1.14 bits per heavy atom. The molecule has 0 aliphatic heterocycles. The molecule has 0 heterocycles. The Morgan fingerprint density at radius 3 is 2.43 bits per heavy atom. The third-order valence-corrected chi connectivity index (χ3v) is 4.55. The van der Waals surface area contributed by atoms with E-state index in [9.17, 15) is 0 Å². The number of alkyl halides is 1. The van der Waals surface area contributed by atoms with E-state index in [1.165, 1.54) is 55.8 Å². The topological polar surface area (TPSA) is 9.23 Å². The Bertz CT molecular complexity index is 141. The predicted octanol–water partition coefficient (Wildman–Crippen LogP) is 4.33. The van der Waals surface area contributed by atoms with E-state index >= 15 is 0 Å². The summed E-state index contributed by atoms with van der Waals surface area (Å²) in [5.74, 6) is 0. The van der Waals surface area contributed by atoms with Crippen LogP contribution in [-0.4, -0.2) is 16.6 Å². The van der Waals surface area contributed by atoms with E-state index in [0.29, 0.717) is 0 Å². The molecule has 0 radical (unpaired) electrons. The fourth-order valence-electron chi connectivity index (χ4n) is 2.15. The van der Waals surface area contributed by atoms with Gasteiger partial charge in [0.2, 0.25) is 0 Å². The van der Waals surface area contributed by atoms with Gasteiger partial charge in [0, 0.05) is 11.0 Å². The lowest BCUT2D eigenvalue weighted by atomic mass is 10.1. The molecule has 0 amide bonds. The number of hydrogen-bond donors (Lipinski definition) is 0. The number of halogens is 1. The lowest BCUT2D eigenvalue weighted by Gasteiger charge is -2.27. The maximum absolute atomic E-state index is 6.08. The largest absolute Gasteiger partial charge is 0.374 e. The zero-order valence-corrected chi connectivity index (χ0v) is 11.5. The molecule has 0 N–H and O–H groups in total. The molecule has 84 valence electrons. The number of unbranched alkanes of at least 4 members (excludes halogenated alkanes) is 3. The average Bonchev–Trinajstić information content (AvgIpc) is 2.67. The van der Waals surface area contributed by atoms with Crippen molar-refractivity contribution in [2.45, 2.75) is 63.9 Å². The lowest BCUT2D eigenvalue weighted by molar-refractivity contribution is -0.0217. The normalized spacial score (nSPS) is 20.1. The van der Waals surface area contributed by atoms with Gasteiger partial charge < -0.3 is 4.74 Å². The quantitative estimate of drug-likeness (QED) is 0.386. The molecule has 2 heteroatoms. The first kappa shape index (κ1) is 12.8. The van der Waals surface area contributed by atoms with E-state index in [1.807, 2.05) is 0 Å². The van der Waals surface area contributed by atoms with Crippen LogP contribution in [0.5, 0.6) is 0 Å². The third-order valence-electron chi connectivity index (χ3n) is 3.16. The van der Waals surface area contributed by atoms with Crippen molar-refractivity contribution in [2.24, 2.45) is 0 Å². The molecular weight excluding hydrogens is 287 g/mol. The van der Waals surface area contributed by atoms with E-state index < -0.39 is 0 Å². The molecule has 1 saturated carbocycles. The highest BCUT2D eigenvalue weighted by Crippen LogP contribution is 2.34. The maximum Gasteiger partial charge on any atom is 0.0771 e. The van der Waals surface area contributed by atoms with Gasteiger partial charge in [0.1, 0.15) is 0 Å². The van der Waals surface area contributed by atoms with Crippen LogP contribution in [0.3, 0.4) is 0 Å². The molecule has 1 fully saturated rings. The van der Waals surface area contributed by atoms with Crippen LogP contribution in [0, 0.1) is 0 Å². The summed E-state index contributed by atoms with van der Waals surface area (Å²) in [4.78, 5) is 0. The second-order valence-electron chi connectivity index (χ2n) is 4.43. The van der Waals surface area contributed by atoms with Gasteiger partial charge in [-0.05, 0) is 19.3 Å². The predicted molar refractivity (Wildman–Crippen MR) is 70.2 cm³/mol. The molecule has 0 unspecified atom stereocenters. The summed E-state index contributed by atoms with van der Waals surface area (Å²) in [7, 11) is 0. The molecule has 1 aliphatic rings. The molecule has 0 spiro atoms. The van der Waals surface area contributed by atoms with Gasteiger partial charge in [-0.2, -0.15) is 0 Å². The molecule has 0 bridgehead atoms. The van der Waals surface area contributed by atoms with E-state index in [1.54, 1.807) is 0 Å². The summed E-state index contributed by atoms with van der Waals surface area (Å²) in [5.41, 5.74) is 0.271. The Hall–Kier alpha value is 0.690. The molecule has 0 saturated heterocycles. The first-order valence-corrected chi connectivity index (χ1v) is 7.55. The Labute approximate surface area is 102 Å². The molecule has 14 heavy (non-hydrogen) atoms. The summed E-state index contributed by atoms with van der Waals surface area (Å²) in [6.45, 7) is 3.24. The van der Waals surface area contributed by atoms with E-state index in [2.05, 4.69) is 29.5 Å². The minimum atomic E-state index is 0.271. The average molecular weight is 310 g/mol. The van der Waals surface area contributed by atoms with E-state index in [0.717, 1.165) is 6.61 Å². The molecule has 1 rings (SSSR count). The van der Waals surface area contributed by atoms with Crippen LogP contribution >= 0.6 is 22.6 Å². The first-order chi connectivity index (χ1) is 6.83. The molecule has 1 aliphatic carbocycles. The summed E-state index contributed by atoms with van der Waals surface area (Å²) < 4.78 is 7.26. The number of hydrogen-bond acceptors (Lipinski definition) is 1. The van der Waals surface area contributed by atoms with Crippen LogP contribution in [-0.2, 0) is 4.74 Å². The van der Waals surface area contributed by atoms with Crippen LogP contribution in [0.2, 0.25) is 0 Å². The Kier molecular flexibility index (Phi) is 6.42. The van der Waals surface area contributed by atoms with Gasteiger partial charge >= 0.3 is 0 Å². The fourth-order valence-corrected chi connectivity index (χ4v) is 3.14. The minimum absolute atomic E-state index is 0.271. The van der Waals surface area contributed by atoms with Crippen molar-refractivity contribution in [3.05, 3.63) is 0 Å². The molecule has 0 aromatic carbocycles. The molecule has 0 aromatic heterocycles. The van der Waals surface area contributed by atoms with E-state index in [-0.39, 0.29) is 5.60 Å². The maximum atomic E-state index is 6.08. The molecule has 1 nitrogen and oxygen atoms in total. The number of rotatable bonds is 7. The van der Waals surface area contributed by atoms with Gasteiger partial charge in [0.05, 0.1) is 5.60 Å². The van der Waals surface area contributed by atoms with Crippen molar-refractivity contribution in [3.63, 3.8) is 0 Å². The van der Waals surface area contributed by atoms with Crippen LogP contribution in [0.25, 0.3) is 0 Å². The smallest absolute Gasteiger partial charge is 0.0771 e. The first-order valence-electron chi connectivity index (χ1n) is 6.03. The summed E-state index contributed by atoms with van der Waals surface area (Å²) in [5, 5.41) is 0. The highest BCUT2D eigenvalue weighted by molar-refractivity contribution is 14.1. The highest BCUT2D eigenvalue weighted by atomic mass is 127. The second kappa shape index (κ2) is 7.04. The summed E-state index contributed by atoms with van der Waals surface area (Å²) in [6, 6.07) is 0. The second-order valence-corrected chi connectivity index (χ2v) is 5.20. The fraction of sp³-hybridized carbons (Fsp3) is 1.00. The lowest BCUT2D eigenvalue weighted by Crippen LogP contribution is -2.31. The van der Waals surface area contributed by atoms with Gasteiger partial charge in [-0.15, -0.1) is 0 Å². The minimum Gasteiger partial charge on any atom is -0.374 e. The Balaban J connectivity index is 2.08. The zero-order chi connectivity index (χ0) is 10.3. The standard InChI is InChI=1S/C12H23IO/c1-2-3-4-7-10-14-12(11-13)8-5-6-9-12/h2-11H2,1H3. The van der Waals surface area contributed by atoms with Crippen LogP contribution in [0.4, 0.5) is 0 Å². The van der Waals surface area contributed by atoms with Crippen LogP contribution < -0.4 is 0 Å². The van der Waals surface area contributed by atoms with Crippen molar-refractivity contribution in [1.82, 2.24) is 0 Å². The van der Waals surface area contributed by atoms with Crippen molar-refractivity contribution in [3.8, 4) is 0 Å². The van der Waals surface area contributed by atoms with Gasteiger partial charge in [0.25, 0.3) is 0 Å². The van der Waals surface area contributed by atoms with Gasteiger partial charge in [-0.1, -0.05) is 61.6 Å². The third kappa shape index (κ3) is 4.05. The molecule has 0 aromatic rings. The van der Waals surface area contributed by atoms with E-state index in [4.69, 9.17) is 4.74 Å². The van der Waals surface area contributed by atoms with Crippen molar-refractivity contribution < 1.29 is 4.74 Å². The highest BCUT2D eigenvalue weighted by Gasteiger charge is 2.33. The van der Waals surface area contributed by atoms with Gasteiger partial charge in [-0.25, -0.2) is 0 Å². The van der Waals surface area contributed by atoms with Crippen molar-refractivity contribution in [1.29, 1.82) is 0 Å². The van der Waals surface area contributed by atoms with Gasteiger partial charge in [-0.3, -0.25) is 0 Å². The number of ether oxygens (including phenoxy) is 1. The van der Waals surface area contributed by atoms with Gasteiger partial charge in [0.15, 0.2) is 0 Å². The van der Waals surface area contributed by atoms with Crippen molar-refractivity contribution in [2.75, 3.05) is 11.0 Å². The summed E-state index contributed by atoms with van der Waals surface area (Å²) >= 11 is 2.49. The SMILES string of the molecule is CCCCCCOC1(CI)CCCC1. The monoisotopic (exact) mass is 310 g/mol. The van der Waals surface area contributed by atoms with Crippen molar-refractivity contribution >= 4 is 22.6 Å².